The van der Waals surface area contributed by atoms with Gasteiger partial charge in [0.25, 0.3) is 0 Å². The highest BCUT2D eigenvalue weighted by molar-refractivity contribution is 5.93. The summed E-state index contributed by atoms with van der Waals surface area (Å²) in [5.74, 6) is 1.54. The molecule has 1 aromatic heterocycles. The van der Waals surface area contributed by atoms with E-state index in [0.717, 1.165) is 33.8 Å². The van der Waals surface area contributed by atoms with Crippen molar-refractivity contribution < 1.29 is 9.47 Å². The molecule has 0 aliphatic heterocycles. The van der Waals surface area contributed by atoms with E-state index in [1.54, 1.807) is 20.4 Å². The van der Waals surface area contributed by atoms with Gasteiger partial charge in [-0.3, -0.25) is 4.98 Å². The molecule has 0 saturated carbocycles. The van der Waals surface area contributed by atoms with E-state index < -0.39 is 0 Å². The summed E-state index contributed by atoms with van der Waals surface area (Å²) in [7, 11) is 3.30. The maximum absolute atomic E-state index is 5.42. The molecule has 0 amide bonds. The van der Waals surface area contributed by atoms with Crippen LogP contribution in [0.2, 0.25) is 0 Å². The highest BCUT2D eigenvalue weighted by atomic mass is 16.5. The van der Waals surface area contributed by atoms with Crippen LogP contribution in [0.15, 0.2) is 48.7 Å². The third kappa shape index (κ3) is 2.68. The third-order valence-corrected chi connectivity index (χ3v) is 3.57. The van der Waals surface area contributed by atoms with Gasteiger partial charge in [-0.1, -0.05) is 11.6 Å². The molecule has 112 valence electrons. The fraction of sp³-hybridized carbons (Fsp3) is 0.167. The summed E-state index contributed by atoms with van der Waals surface area (Å²) in [6.45, 7) is 2.07. The number of anilines is 2. The molecule has 0 saturated heterocycles. The van der Waals surface area contributed by atoms with E-state index in [9.17, 15) is 0 Å². The standard InChI is InChI=1S/C18H18N2O2/c1-12-4-6-15-14(10-12)16(8-9-19-15)20-17-11-13(21-2)5-7-18(17)22-3/h4-11H,1-3H3,(H,19,20). The summed E-state index contributed by atoms with van der Waals surface area (Å²) < 4.78 is 10.7. The number of methoxy groups -OCH3 is 2. The van der Waals surface area contributed by atoms with Gasteiger partial charge >= 0.3 is 0 Å². The molecular formula is C18H18N2O2. The zero-order valence-electron chi connectivity index (χ0n) is 12.9. The van der Waals surface area contributed by atoms with Gasteiger partial charge in [-0.05, 0) is 37.3 Å². The number of aromatic nitrogens is 1. The van der Waals surface area contributed by atoms with Crippen molar-refractivity contribution in [3.05, 3.63) is 54.2 Å². The molecule has 0 aliphatic carbocycles. The normalized spacial score (nSPS) is 10.5. The smallest absolute Gasteiger partial charge is 0.142 e. The van der Waals surface area contributed by atoms with E-state index >= 15 is 0 Å². The number of ether oxygens (including phenoxy) is 2. The minimum atomic E-state index is 0.762. The molecule has 0 atom stereocenters. The molecule has 4 heteroatoms. The van der Waals surface area contributed by atoms with Crippen LogP contribution in [0.5, 0.6) is 11.5 Å². The predicted molar refractivity (Wildman–Crippen MR) is 89.3 cm³/mol. The molecule has 3 aromatic rings. The predicted octanol–water partition coefficient (Wildman–Crippen LogP) is 4.30. The second-order valence-electron chi connectivity index (χ2n) is 5.07. The monoisotopic (exact) mass is 294 g/mol. The topological polar surface area (TPSA) is 43.4 Å². The van der Waals surface area contributed by atoms with Crippen molar-refractivity contribution in [2.24, 2.45) is 0 Å². The van der Waals surface area contributed by atoms with Gasteiger partial charge < -0.3 is 14.8 Å². The Balaban J connectivity index is 2.08. The molecule has 2 aromatic carbocycles. The highest BCUT2D eigenvalue weighted by Crippen LogP contribution is 2.33. The molecular weight excluding hydrogens is 276 g/mol. The van der Waals surface area contributed by atoms with Gasteiger partial charge in [0.1, 0.15) is 11.5 Å². The molecule has 0 fully saturated rings. The zero-order valence-corrected chi connectivity index (χ0v) is 12.9. The lowest BCUT2D eigenvalue weighted by atomic mass is 10.1. The summed E-state index contributed by atoms with van der Waals surface area (Å²) in [5.41, 5.74) is 4.00. The van der Waals surface area contributed by atoms with Crippen LogP contribution in [0.3, 0.4) is 0 Å². The lowest BCUT2D eigenvalue weighted by molar-refractivity contribution is 0.405. The maximum atomic E-state index is 5.42. The fourth-order valence-electron chi connectivity index (χ4n) is 2.43. The van der Waals surface area contributed by atoms with Gasteiger partial charge in [0.05, 0.1) is 25.4 Å². The maximum Gasteiger partial charge on any atom is 0.142 e. The van der Waals surface area contributed by atoms with Crippen LogP contribution in [-0.4, -0.2) is 19.2 Å². The SMILES string of the molecule is COc1ccc(OC)c(Nc2ccnc3ccc(C)cc23)c1. The van der Waals surface area contributed by atoms with Crippen molar-refractivity contribution in [2.45, 2.75) is 6.92 Å². The van der Waals surface area contributed by atoms with Crippen LogP contribution in [0, 0.1) is 6.92 Å². The number of benzene rings is 2. The first-order valence-corrected chi connectivity index (χ1v) is 7.05. The van der Waals surface area contributed by atoms with Crippen LogP contribution < -0.4 is 14.8 Å². The summed E-state index contributed by atoms with van der Waals surface area (Å²) >= 11 is 0. The molecule has 1 N–H and O–H groups in total. The number of nitrogens with zero attached hydrogens (tertiary/aromatic N) is 1. The molecule has 0 aliphatic rings. The average molecular weight is 294 g/mol. The Hall–Kier alpha value is -2.75. The van der Waals surface area contributed by atoms with Crippen LogP contribution in [0.4, 0.5) is 11.4 Å². The second kappa shape index (κ2) is 5.93. The highest BCUT2D eigenvalue weighted by Gasteiger charge is 2.08. The van der Waals surface area contributed by atoms with Crippen LogP contribution in [-0.2, 0) is 0 Å². The van der Waals surface area contributed by atoms with E-state index in [4.69, 9.17) is 9.47 Å². The van der Waals surface area contributed by atoms with Crippen LogP contribution in [0.1, 0.15) is 5.56 Å². The molecule has 1 heterocycles. The van der Waals surface area contributed by atoms with Crippen LogP contribution in [0.25, 0.3) is 10.9 Å². The number of nitrogens with one attached hydrogen (secondary N) is 1. The molecule has 0 unspecified atom stereocenters. The second-order valence-corrected chi connectivity index (χ2v) is 5.07. The Labute approximate surface area is 129 Å². The van der Waals surface area contributed by atoms with Gasteiger partial charge in [-0.25, -0.2) is 0 Å². The van der Waals surface area contributed by atoms with Gasteiger partial charge in [0.2, 0.25) is 0 Å². The van der Waals surface area contributed by atoms with E-state index in [0.29, 0.717) is 0 Å². The van der Waals surface area contributed by atoms with Crippen molar-refractivity contribution >= 4 is 22.3 Å². The van der Waals surface area contributed by atoms with Crippen LogP contribution >= 0.6 is 0 Å². The number of rotatable bonds is 4. The molecule has 0 radical (unpaired) electrons. The summed E-state index contributed by atoms with van der Waals surface area (Å²) in [6, 6.07) is 13.8. The molecule has 4 nitrogen and oxygen atoms in total. The number of hydrogen-bond donors (Lipinski definition) is 1. The quantitative estimate of drug-likeness (QED) is 0.779. The molecule has 3 rings (SSSR count). The van der Waals surface area contributed by atoms with E-state index in [-0.39, 0.29) is 0 Å². The molecule has 0 spiro atoms. The molecule has 22 heavy (non-hydrogen) atoms. The van der Waals surface area contributed by atoms with Crippen molar-refractivity contribution in [1.82, 2.24) is 4.98 Å². The minimum Gasteiger partial charge on any atom is -0.497 e. The summed E-state index contributed by atoms with van der Waals surface area (Å²) in [6.07, 6.45) is 1.80. The third-order valence-electron chi connectivity index (χ3n) is 3.57. The fourth-order valence-corrected chi connectivity index (χ4v) is 2.43. The van der Waals surface area contributed by atoms with Crippen molar-refractivity contribution in [3.63, 3.8) is 0 Å². The first-order chi connectivity index (χ1) is 10.7. The lowest BCUT2D eigenvalue weighted by Gasteiger charge is -2.14. The Bertz CT molecular complexity index is 815. The number of fused-ring (bicyclic) bond motifs is 1. The first kappa shape index (κ1) is 14.2. The first-order valence-electron chi connectivity index (χ1n) is 7.05. The Morgan fingerprint density at radius 1 is 0.909 bits per heavy atom. The Kier molecular flexibility index (Phi) is 3.83. The van der Waals surface area contributed by atoms with E-state index in [1.165, 1.54) is 5.56 Å². The molecule has 0 bridgehead atoms. The number of pyridine rings is 1. The largest absolute Gasteiger partial charge is 0.497 e. The van der Waals surface area contributed by atoms with Gasteiger partial charge in [-0.15, -0.1) is 0 Å². The summed E-state index contributed by atoms with van der Waals surface area (Å²) in [4.78, 5) is 4.40. The average Bonchev–Trinajstić information content (AvgIpc) is 2.55. The van der Waals surface area contributed by atoms with Gasteiger partial charge in [-0.2, -0.15) is 0 Å². The van der Waals surface area contributed by atoms with Gasteiger partial charge in [0.15, 0.2) is 0 Å². The van der Waals surface area contributed by atoms with Gasteiger partial charge in [0, 0.05) is 23.3 Å². The minimum absolute atomic E-state index is 0.762. The number of aryl methyl sites for hydroxylation is 1. The summed E-state index contributed by atoms with van der Waals surface area (Å²) in [5, 5.41) is 4.50. The Morgan fingerprint density at radius 2 is 1.77 bits per heavy atom. The zero-order chi connectivity index (χ0) is 15.5. The van der Waals surface area contributed by atoms with Crippen molar-refractivity contribution in [1.29, 1.82) is 0 Å². The van der Waals surface area contributed by atoms with E-state index in [2.05, 4.69) is 29.4 Å². The lowest BCUT2D eigenvalue weighted by Crippen LogP contribution is -1.97. The van der Waals surface area contributed by atoms with Crippen molar-refractivity contribution in [2.75, 3.05) is 19.5 Å². The number of hydrogen-bond acceptors (Lipinski definition) is 4. The van der Waals surface area contributed by atoms with E-state index in [1.807, 2.05) is 30.3 Å². The Morgan fingerprint density at radius 3 is 2.55 bits per heavy atom. The van der Waals surface area contributed by atoms with Crippen molar-refractivity contribution in [3.8, 4) is 11.5 Å².